The average molecular weight is 250 g/mol. The van der Waals surface area contributed by atoms with Gasteiger partial charge in [-0.25, -0.2) is 4.39 Å². The van der Waals surface area contributed by atoms with Gasteiger partial charge in [0.15, 0.2) is 0 Å². The van der Waals surface area contributed by atoms with Crippen molar-refractivity contribution in [3.63, 3.8) is 0 Å². The first-order valence-electron chi connectivity index (χ1n) is 5.40. The molecule has 0 aliphatic carbocycles. The molecule has 0 saturated heterocycles. The van der Waals surface area contributed by atoms with Gasteiger partial charge in [0.2, 0.25) is 5.91 Å². The number of amides is 2. The van der Waals surface area contributed by atoms with Crippen LogP contribution in [0.15, 0.2) is 36.4 Å². The van der Waals surface area contributed by atoms with Gasteiger partial charge in [-0.1, -0.05) is 11.6 Å². The molecule has 2 amide bonds. The molecule has 0 aromatic heterocycles. The Labute approximate surface area is 105 Å². The van der Waals surface area contributed by atoms with Crippen LogP contribution in [0, 0.1) is 5.82 Å². The minimum atomic E-state index is -0.835. The molecular formula is C13H15FN2O2. The molecule has 0 radical (unpaired) electrons. The van der Waals surface area contributed by atoms with Gasteiger partial charge in [0.1, 0.15) is 11.9 Å². The number of hydrogen-bond acceptors (Lipinski definition) is 2. The Balaban J connectivity index is 2.78. The minimum absolute atomic E-state index is 0.142. The maximum absolute atomic E-state index is 12.9. The van der Waals surface area contributed by atoms with Crippen molar-refractivity contribution in [1.29, 1.82) is 0 Å². The summed E-state index contributed by atoms with van der Waals surface area (Å²) in [6.45, 7) is 5.38. The van der Waals surface area contributed by atoms with Gasteiger partial charge in [-0.05, 0) is 31.5 Å². The van der Waals surface area contributed by atoms with Crippen LogP contribution in [0.3, 0.4) is 0 Å². The van der Waals surface area contributed by atoms with E-state index < -0.39 is 23.7 Å². The summed E-state index contributed by atoms with van der Waals surface area (Å²) in [7, 11) is 0. The fourth-order valence-corrected chi connectivity index (χ4v) is 1.44. The lowest BCUT2D eigenvalue weighted by Crippen LogP contribution is -2.44. The van der Waals surface area contributed by atoms with Crippen LogP contribution in [-0.2, 0) is 4.79 Å². The third kappa shape index (κ3) is 4.01. The summed E-state index contributed by atoms with van der Waals surface area (Å²) >= 11 is 0. The zero-order chi connectivity index (χ0) is 13.7. The maximum atomic E-state index is 12.9. The molecule has 1 rings (SSSR count). The topological polar surface area (TPSA) is 72.2 Å². The molecule has 5 heteroatoms. The standard InChI is InChI=1S/C13H15FN2O2/c1-8(2)6-11(12(15)17)16-13(18)9-4-3-5-10(14)7-9/h3-5,7,11H,1,6H2,2H3,(H2,15,17)(H,16,18)/t11-/m0/s1. The largest absolute Gasteiger partial charge is 0.368 e. The van der Waals surface area contributed by atoms with E-state index in [1.807, 2.05) is 0 Å². The summed E-state index contributed by atoms with van der Waals surface area (Å²) < 4.78 is 12.9. The van der Waals surface area contributed by atoms with Gasteiger partial charge in [-0.15, -0.1) is 6.58 Å². The molecule has 18 heavy (non-hydrogen) atoms. The third-order valence-electron chi connectivity index (χ3n) is 2.29. The number of primary amides is 1. The second-order valence-corrected chi connectivity index (χ2v) is 4.10. The van der Waals surface area contributed by atoms with Crippen LogP contribution in [-0.4, -0.2) is 17.9 Å². The van der Waals surface area contributed by atoms with E-state index in [2.05, 4.69) is 11.9 Å². The molecule has 96 valence electrons. The molecule has 0 heterocycles. The zero-order valence-corrected chi connectivity index (χ0v) is 10.1. The molecule has 1 aromatic rings. The van der Waals surface area contributed by atoms with E-state index in [1.54, 1.807) is 6.92 Å². The van der Waals surface area contributed by atoms with E-state index in [-0.39, 0.29) is 12.0 Å². The zero-order valence-electron chi connectivity index (χ0n) is 10.1. The van der Waals surface area contributed by atoms with Crippen molar-refractivity contribution >= 4 is 11.8 Å². The third-order valence-corrected chi connectivity index (χ3v) is 2.29. The predicted octanol–water partition coefficient (Wildman–Crippen LogP) is 1.38. The fraction of sp³-hybridized carbons (Fsp3) is 0.231. The van der Waals surface area contributed by atoms with E-state index in [4.69, 9.17) is 5.73 Å². The number of nitrogens with two attached hydrogens (primary N) is 1. The summed E-state index contributed by atoms with van der Waals surface area (Å²) in [6, 6.07) is 4.36. The molecule has 0 spiro atoms. The Morgan fingerprint density at radius 1 is 1.50 bits per heavy atom. The highest BCUT2D eigenvalue weighted by molar-refractivity contribution is 5.97. The van der Waals surface area contributed by atoms with Crippen LogP contribution in [0.2, 0.25) is 0 Å². The highest BCUT2D eigenvalue weighted by Crippen LogP contribution is 2.06. The van der Waals surface area contributed by atoms with Crippen molar-refractivity contribution < 1.29 is 14.0 Å². The number of benzene rings is 1. The minimum Gasteiger partial charge on any atom is -0.368 e. The first-order valence-corrected chi connectivity index (χ1v) is 5.40. The van der Waals surface area contributed by atoms with Crippen LogP contribution < -0.4 is 11.1 Å². The second kappa shape index (κ2) is 5.95. The molecule has 0 aliphatic rings. The first kappa shape index (κ1) is 13.9. The van der Waals surface area contributed by atoms with Crippen molar-refractivity contribution in [2.45, 2.75) is 19.4 Å². The SMILES string of the molecule is C=C(C)C[C@H](NC(=O)c1cccc(F)c1)C(N)=O. The van der Waals surface area contributed by atoms with Gasteiger partial charge in [0, 0.05) is 5.56 Å². The quantitative estimate of drug-likeness (QED) is 0.775. The number of rotatable bonds is 5. The Morgan fingerprint density at radius 2 is 2.17 bits per heavy atom. The first-order chi connectivity index (χ1) is 8.40. The van der Waals surface area contributed by atoms with Crippen molar-refractivity contribution in [1.82, 2.24) is 5.32 Å². The van der Waals surface area contributed by atoms with Crippen molar-refractivity contribution in [3.05, 3.63) is 47.8 Å². The molecule has 0 saturated carbocycles. The van der Waals surface area contributed by atoms with E-state index in [0.717, 1.165) is 11.6 Å². The average Bonchev–Trinajstić information content (AvgIpc) is 2.27. The van der Waals surface area contributed by atoms with Gasteiger partial charge in [0.05, 0.1) is 0 Å². The second-order valence-electron chi connectivity index (χ2n) is 4.10. The highest BCUT2D eigenvalue weighted by Gasteiger charge is 2.18. The van der Waals surface area contributed by atoms with Crippen LogP contribution in [0.4, 0.5) is 4.39 Å². The van der Waals surface area contributed by atoms with E-state index in [0.29, 0.717) is 0 Å². The van der Waals surface area contributed by atoms with Crippen LogP contribution in [0.25, 0.3) is 0 Å². The van der Waals surface area contributed by atoms with Crippen LogP contribution in [0.1, 0.15) is 23.7 Å². The molecule has 0 unspecified atom stereocenters. The lowest BCUT2D eigenvalue weighted by atomic mass is 10.1. The molecule has 0 bridgehead atoms. The van der Waals surface area contributed by atoms with Gasteiger partial charge in [-0.3, -0.25) is 9.59 Å². The van der Waals surface area contributed by atoms with Crippen molar-refractivity contribution in [3.8, 4) is 0 Å². The van der Waals surface area contributed by atoms with Crippen LogP contribution >= 0.6 is 0 Å². The van der Waals surface area contributed by atoms with E-state index >= 15 is 0 Å². The van der Waals surface area contributed by atoms with Gasteiger partial charge >= 0.3 is 0 Å². The van der Waals surface area contributed by atoms with Gasteiger partial charge in [-0.2, -0.15) is 0 Å². The molecule has 3 N–H and O–H groups in total. The van der Waals surface area contributed by atoms with Crippen molar-refractivity contribution in [2.24, 2.45) is 5.73 Å². The Morgan fingerprint density at radius 3 is 2.67 bits per heavy atom. The summed E-state index contributed by atoms with van der Waals surface area (Å²) in [5, 5.41) is 2.45. The lowest BCUT2D eigenvalue weighted by molar-refractivity contribution is -0.119. The summed E-state index contributed by atoms with van der Waals surface area (Å²) in [4.78, 5) is 22.9. The van der Waals surface area contributed by atoms with Crippen molar-refractivity contribution in [2.75, 3.05) is 0 Å². The Kier molecular flexibility index (Phi) is 4.59. The Hall–Kier alpha value is -2.17. The highest BCUT2D eigenvalue weighted by atomic mass is 19.1. The van der Waals surface area contributed by atoms with Gasteiger partial charge < -0.3 is 11.1 Å². The lowest BCUT2D eigenvalue weighted by Gasteiger charge is -2.15. The molecule has 0 aliphatic heterocycles. The van der Waals surface area contributed by atoms with Gasteiger partial charge in [0.25, 0.3) is 5.91 Å². The molecular weight excluding hydrogens is 235 g/mol. The fourth-order valence-electron chi connectivity index (χ4n) is 1.44. The summed E-state index contributed by atoms with van der Waals surface area (Å²) in [5.74, 6) is -1.71. The summed E-state index contributed by atoms with van der Waals surface area (Å²) in [6.07, 6.45) is 0.260. The number of hydrogen-bond donors (Lipinski definition) is 2. The van der Waals surface area contributed by atoms with Crippen LogP contribution in [0.5, 0.6) is 0 Å². The maximum Gasteiger partial charge on any atom is 0.252 e. The number of halogens is 1. The van der Waals surface area contributed by atoms with E-state index in [1.165, 1.54) is 18.2 Å². The Bertz CT molecular complexity index is 486. The number of carbonyl (C=O) groups excluding carboxylic acids is 2. The molecule has 1 aromatic carbocycles. The molecule has 0 fully saturated rings. The molecule has 4 nitrogen and oxygen atoms in total. The predicted molar refractivity (Wildman–Crippen MR) is 66.3 cm³/mol. The monoisotopic (exact) mass is 250 g/mol. The normalized spacial score (nSPS) is 11.7. The molecule has 1 atom stereocenters. The smallest absolute Gasteiger partial charge is 0.252 e. The number of nitrogens with one attached hydrogen (secondary N) is 1. The number of carbonyl (C=O) groups is 2. The summed E-state index contributed by atoms with van der Waals surface area (Å²) in [5.41, 5.74) is 6.03. The van der Waals surface area contributed by atoms with E-state index in [9.17, 15) is 14.0 Å².